The number of pyridine rings is 1. The van der Waals surface area contributed by atoms with Gasteiger partial charge in [-0.1, -0.05) is 23.7 Å². The van der Waals surface area contributed by atoms with Crippen molar-refractivity contribution in [1.82, 2.24) is 9.88 Å². The molecule has 1 atom stereocenters. The van der Waals surface area contributed by atoms with Gasteiger partial charge in [-0.2, -0.15) is 10.2 Å². The smallest absolute Gasteiger partial charge is 0.213 e. The van der Waals surface area contributed by atoms with E-state index in [-0.39, 0.29) is 12.0 Å². The van der Waals surface area contributed by atoms with Crippen LogP contribution in [0.1, 0.15) is 42.7 Å². The molecule has 0 N–H and O–H groups in total. The third-order valence-electron chi connectivity index (χ3n) is 6.23. The molecule has 150 valence electrons. The van der Waals surface area contributed by atoms with Crippen molar-refractivity contribution < 1.29 is 4.74 Å². The Morgan fingerprint density at radius 1 is 1.03 bits per heavy atom. The molecule has 2 aliphatic heterocycles. The van der Waals surface area contributed by atoms with Gasteiger partial charge in [0.1, 0.15) is 6.10 Å². The lowest BCUT2D eigenvalue weighted by molar-refractivity contribution is 0.138. The number of aromatic nitrogens is 1. The monoisotopic (exact) mass is 408 g/mol. The van der Waals surface area contributed by atoms with Crippen molar-refractivity contribution in [2.75, 3.05) is 13.6 Å². The predicted molar refractivity (Wildman–Crippen MR) is 116 cm³/mol. The molecule has 3 aliphatic rings. The van der Waals surface area contributed by atoms with Gasteiger partial charge in [0, 0.05) is 36.3 Å². The molecular formula is C23H25ClN4O. The summed E-state index contributed by atoms with van der Waals surface area (Å²) in [5.41, 5.74) is 5.00. The zero-order valence-corrected chi connectivity index (χ0v) is 17.3. The van der Waals surface area contributed by atoms with Crippen LogP contribution < -0.4 is 4.74 Å². The van der Waals surface area contributed by atoms with Crippen LogP contribution in [0, 0.1) is 5.92 Å². The molecule has 2 aromatic rings. The third-order valence-corrected chi connectivity index (χ3v) is 6.46. The van der Waals surface area contributed by atoms with Gasteiger partial charge in [-0.15, -0.1) is 0 Å². The molecule has 0 amide bonds. The summed E-state index contributed by atoms with van der Waals surface area (Å²) < 4.78 is 6.08. The lowest BCUT2D eigenvalue weighted by atomic mass is 9.76. The number of halogens is 1. The van der Waals surface area contributed by atoms with Crippen LogP contribution in [0.4, 0.5) is 0 Å². The molecular weight excluding hydrogens is 384 g/mol. The second-order valence-corrected chi connectivity index (χ2v) is 8.76. The SMILES string of the molecule is CN1CC2=NN=C(C3CCC(Oc4ccccn4)CC3)C2c2ccc(Cl)cc2C1. The molecule has 1 aliphatic carbocycles. The number of nitrogens with zero attached hydrogens (tertiary/aromatic N) is 4. The molecule has 1 saturated carbocycles. The number of ether oxygens (including phenoxy) is 1. The molecule has 1 aromatic heterocycles. The Balaban J connectivity index is 1.32. The first kappa shape index (κ1) is 18.8. The average Bonchev–Trinajstić information content (AvgIpc) is 3.06. The fourth-order valence-electron chi connectivity index (χ4n) is 4.87. The zero-order chi connectivity index (χ0) is 19.8. The van der Waals surface area contributed by atoms with Crippen LogP contribution in [-0.4, -0.2) is 41.0 Å². The summed E-state index contributed by atoms with van der Waals surface area (Å²) in [4.78, 5) is 6.59. The molecule has 5 rings (SSSR count). The second-order valence-electron chi connectivity index (χ2n) is 8.32. The van der Waals surface area contributed by atoms with Gasteiger partial charge in [-0.25, -0.2) is 4.98 Å². The summed E-state index contributed by atoms with van der Waals surface area (Å²) in [6.07, 6.45) is 6.21. The van der Waals surface area contributed by atoms with Gasteiger partial charge in [-0.05, 0) is 62.1 Å². The van der Waals surface area contributed by atoms with E-state index >= 15 is 0 Å². The van der Waals surface area contributed by atoms with Crippen molar-refractivity contribution in [2.24, 2.45) is 16.1 Å². The van der Waals surface area contributed by atoms with Crippen molar-refractivity contribution in [1.29, 1.82) is 0 Å². The number of hydrogen-bond acceptors (Lipinski definition) is 5. The summed E-state index contributed by atoms with van der Waals surface area (Å²) in [6, 6.07) is 12.1. The van der Waals surface area contributed by atoms with E-state index in [1.807, 2.05) is 24.3 Å². The van der Waals surface area contributed by atoms with Gasteiger partial charge in [0.05, 0.1) is 17.3 Å². The highest BCUT2D eigenvalue weighted by atomic mass is 35.5. The Kier molecular flexibility index (Phi) is 5.10. The second kappa shape index (κ2) is 7.88. The number of hydrogen-bond donors (Lipinski definition) is 0. The fourth-order valence-corrected chi connectivity index (χ4v) is 5.06. The third kappa shape index (κ3) is 3.81. The normalized spacial score (nSPS) is 26.8. The lowest BCUT2D eigenvalue weighted by Crippen LogP contribution is -2.33. The van der Waals surface area contributed by atoms with E-state index in [1.165, 1.54) is 16.8 Å². The molecule has 1 fully saturated rings. The zero-order valence-electron chi connectivity index (χ0n) is 16.6. The Morgan fingerprint density at radius 2 is 1.90 bits per heavy atom. The molecule has 0 radical (unpaired) electrons. The van der Waals surface area contributed by atoms with Crippen LogP contribution in [0.5, 0.6) is 5.88 Å². The summed E-state index contributed by atoms with van der Waals surface area (Å²) in [5, 5.41) is 10.1. The quantitative estimate of drug-likeness (QED) is 0.738. The molecule has 6 heteroatoms. The molecule has 29 heavy (non-hydrogen) atoms. The van der Waals surface area contributed by atoms with Crippen LogP contribution in [0.2, 0.25) is 5.02 Å². The molecule has 5 nitrogen and oxygen atoms in total. The van der Waals surface area contributed by atoms with Crippen LogP contribution >= 0.6 is 11.6 Å². The van der Waals surface area contributed by atoms with Crippen LogP contribution in [-0.2, 0) is 6.54 Å². The van der Waals surface area contributed by atoms with Gasteiger partial charge < -0.3 is 4.74 Å². The minimum atomic E-state index is 0.200. The molecule has 1 unspecified atom stereocenters. The van der Waals surface area contributed by atoms with E-state index in [0.29, 0.717) is 5.92 Å². The Bertz CT molecular complexity index is 951. The maximum Gasteiger partial charge on any atom is 0.213 e. The Labute approximate surface area is 176 Å². The van der Waals surface area contributed by atoms with Crippen molar-refractivity contribution in [3.05, 3.63) is 58.7 Å². The summed E-state index contributed by atoms with van der Waals surface area (Å²) in [7, 11) is 2.13. The van der Waals surface area contributed by atoms with Crippen molar-refractivity contribution in [3.63, 3.8) is 0 Å². The molecule has 0 bridgehead atoms. The fraction of sp³-hybridized carbons (Fsp3) is 0.435. The van der Waals surface area contributed by atoms with Gasteiger partial charge in [0.2, 0.25) is 5.88 Å². The van der Waals surface area contributed by atoms with E-state index < -0.39 is 0 Å². The van der Waals surface area contributed by atoms with Crippen molar-refractivity contribution >= 4 is 23.0 Å². The standard InChI is InChI=1S/C23H25ClN4O/c1-28-13-16-12-17(24)7-10-19(16)22-20(14-28)26-27-23(22)15-5-8-18(9-6-15)29-21-4-2-3-11-25-21/h2-4,7,10-12,15,18,22H,5-6,8-9,13-14H2,1H3. The Hall–Kier alpha value is -2.24. The number of rotatable bonds is 3. The highest BCUT2D eigenvalue weighted by molar-refractivity contribution is 6.30. The number of fused-ring (bicyclic) bond motifs is 3. The average molecular weight is 409 g/mol. The largest absolute Gasteiger partial charge is 0.474 e. The minimum Gasteiger partial charge on any atom is -0.474 e. The topological polar surface area (TPSA) is 50.1 Å². The first-order chi connectivity index (χ1) is 14.2. The molecule has 3 heterocycles. The maximum atomic E-state index is 6.29. The highest BCUT2D eigenvalue weighted by Gasteiger charge is 2.38. The van der Waals surface area contributed by atoms with Gasteiger partial charge in [0.15, 0.2) is 0 Å². The Morgan fingerprint density at radius 3 is 2.69 bits per heavy atom. The number of benzene rings is 1. The predicted octanol–water partition coefficient (Wildman–Crippen LogP) is 4.71. The van der Waals surface area contributed by atoms with E-state index in [0.717, 1.165) is 55.4 Å². The van der Waals surface area contributed by atoms with E-state index in [1.54, 1.807) is 6.20 Å². The van der Waals surface area contributed by atoms with Crippen molar-refractivity contribution in [3.8, 4) is 5.88 Å². The lowest BCUT2D eigenvalue weighted by Gasteiger charge is -2.30. The summed E-state index contributed by atoms with van der Waals surface area (Å²) in [5.74, 6) is 1.37. The van der Waals surface area contributed by atoms with Gasteiger partial charge in [0.25, 0.3) is 0 Å². The highest BCUT2D eigenvalue weighted by Crippen LogP contribution is 2.39. The van der Waals surface area contributed by atoms with E-state index in [9.17, 15) is 0 Å². The van der Waals surface area contributed by atoms with Crippen molar-refractivity contribution in [2.45, 2.75) is 44.2 Å². The van der Waals surface area contributed by atoms with Gasteiger partial charge in [-0.3, -0.25) is 4.90 Å². The first-order valence-electron chi connectivity index (χ1n) is 10.4. The van der Waals surface area contributed by atoms with Crippen LogP contribution in [0.15, 0.2) is 52.8 Å². The summed E-state index contributed by atoms with van der Waals surface area (Å²) >= 11 is 6.29. The van der Waals surface area contributed by atoms with E-state index in [4.69, 9.17) is 21.4 Å². The molecule has 1 aromatic carbocycles. The molecule has 0 saturated heterocycles. The first-order valence-corrected chi connectivity index (χ1v) is 10.7. The van der Waals surface area contributed by atoms with E-state index in [2.05, 4.69) is 34.2 Å². The maximum absolute atomic E-state index is 6.29. The minimum absolute atomic E-state index is 0.200. The van der Waals surface area contributed by atoms with Gasteiger partial charge >= 0.3 is 0 Å². The van der Waals surface area contributed by atoms with Crippen LogP contribution in [0.3, 0.4) is 0 Å². The molecule has 0 spiro atoms. The summed E-state index contributed by atoms with van der Waals surface area (Å²) in [6.45, 7) is 1.74. The van der Waals surface area contributed by atoms with Crippen LogP contribution in [0.25, 0.3) is 0 Å².